The van der Waals surface area contributed by atoms with Crippen molar-refractivity contribution in [2.75, 3.05) is 5.32 Å². The highest BCUT2D eigenvalue weighted by atomic mass is 127. The average molecular weight is 506 g/mol. The van der Waals surface area contributed by atoms with Gasteiger partial charge in [-0.15, -0.1) is 5.10 Å². The van der Waals surface area contributed by atoms with Crippen molar-refractivity contribution in [3.8, 4) is 0 Å². The second-order valence-corrected chi connectivity index (χ2v) is 7.25. The maximum absolute atomic E-state index is 12.6. The average Bonchev–Trinajstić information content (AvgIpc) is 3.16. The van der Waals surface area contributed by atoms with Crippen LogP contribution in [0.4, 0.5) is 11.4 Å². The molecule has 0 aliphatic carbocycles. The number of halogens is 1. The Morgan fingerprint density at radius 1 is 1.14 bits per heavy atom. The van der Waals surface area contributed by atoms with Crippen molar-refractivity contribution in [3.05, 3.63) is 64.7 Å². The number of amides is 1. The van der Waals surface area contributed by atoms with Crippen LogP contribution in [0.3, 0.4) is 0 Å². The number of carbonyl (C=O) groups is 1. The van der Waals surface area contributed by atoms with Crippen LogP contribution in [-0.2, 0) is 3.07 Å². The number of benzene rings is 2. The van der Waals surface area contributed by atoms with Crippen LogP contribution >= 0.6 is 21.5 Å². The molecule has 1 heterocycles. The molecule has 1 aromatic heterocycles. The van der Waals surface area contributed by atoms with Crippen LogP contribution in [0.5, 0.6) is 0 Å². The Bertz CT molecular complexity index is 1160. The maximum Gasteiger partial charge on any atom is 0.565 e. The first kappa shape index (κ1) is 20.3. The summed E-state index contributed by atoms with van der Waals surface area (Å²) in [5, 5.41) is 10.9. The summed E-state index contributed by atoms with van der Waals surface area (Å²) in [5.74, 6) is -0.507. The van der Waals surface area contributed by atoms with Crippen LogP contribution in [0.2, 0.25) is 0 Å². The van der Waals surface area contributed by atoms with E-state index in [0.29, 0.717) is 25.3 Å². The van der Waals surface area contributed by atoms with Gasteiger partial charge in [0.05, 0.1) is 5.71 Å². The van der Waals surface area contributed by atoms with E-state index < -0.39 is 21.5 Å². The van der Waals surface area contributed by atoms with Crippen LogP contribution in [0.1, 0.15) is 23.0 Å². The zero-order chi connectivity index (χ0) is 21.0. The molecule has 0 saturated heterocycles. The van der Waals surface area contributed by atoms with Gasteiger partial charge in [0.1, 0.15) is 14.2 Å². The number of nitrogens with two attached hydrogens (primary N) is 2. The van der Waals surface area contributed by atoms with Gasteiger partial charge in [0, 0.05) is 22.0 Å². The topological polar surface area (TPSA) is 159 Å². The van der Waals surface area contributed by atoms with Gasteiger partial charge in [0.15, 0.2) is 0 Å². The number of aromatic nitrogens is 1. The number of hydrogen-bond donors (Lipinski definition) is 4. The van der Waals surface area contributed by atoms with Crippen LogP contribution < -0.4 is 16.8 Å². The van der Waals surface area contributed by atoms with Gasteiger partial charge in [-0.1, -0.05) is 24.3 Å². The fourth-order valence-corrected chi connectivity index (χ4v) is 3.24. The minimum Gasteiger partial charge on any atom is -0.369 e. The number of hydrogen-bond acceptors (Lipinski definition) is 5. The third-order valence-electron chi connectivity index (χ3n) is 4.01. The minimum atomic E-state index is -1.90. The molecule has 0 aliphatic rings. The lowest BCUT2D eigenvalue weighted by Crippen LogP contribution is -2.22. The first-order chi connectivity index (χ1) is 13.9. The maximum atomic E-state index is 12.6. The number of nitrogens with zero attached hydrogens (tertiary/aromatic N) is 3. The fraction of sp³-hybridized carbons (Fsp3) is 0.0556. The predicted molar refractivity (Wildman–Crippen MR) is 119 cm³/mol. The van der Waals surface area contributed by atoms with Crippen molar-refractivity contribution < 1.29 is 10.8 Å². The predicted octanol–water partition coefficient (Wildman–Crippen LogP) is 3.06. The second-order valence-electron chi connectivity index (χ2n) is 5.98. The molecule has 10 nitrogen and oxygen atoms in total. The highest BCUT2D eigenvalue weighted by molar-refractivity contribution is 14.1. The number of nitrogens with one attached hydrogen (secondary N) is 2. The minimum absolute atomic E-state index is 0.132. The number of nitroso groups, excluding NO2 is 1. The summed E-state index contributed by atoms with van der Waals surface area (Å²) in [6.07, 6.45) is 0. The summed E-state index contributed by atoms with van der Waals surface area (Å²) in [6.45, 7) is 1.76. The lowest BCUT2D eigenvalue weighted by Gasteiger charge is -2.05. The summed E-state index contributed by atoms with van der Waals surface area (Å²) in [5.41, 5.74) is 13.5. The molecule has 3 aromatic rings. The molecule has 148 valence electrons. The van der Waals surface area contributed by atoms with Gasteiger partial charge in [-0.25, -0.2) is 0 Å². The van der Waals surface area contributed by atoms with Gasteiger partial charge in [0.2, 0.25) is 5.96 Å². The number of fused-ring (bicyclic) bond motifs is 1. The Morgan fingerprint density at radius 3 is 2.52 bits per heavy atom. The summed E-state index contributed by atoms with van der Waals surface area (Å²) >= 11 is -1.90. The van der Waals surface area contributed by atoms with Gasteiger partial charge in [-0.05, 0) is 30.7 Å². The molecule has 0 fully saturated rings. The van der Waals surface area contributed by atoms with Gasteiger partial charge in [0.25, 0.3) is 11.6 Å². The molecular weight excluding hydrogens is 489 g/mol. The molecule has 11 heteroatoms. The first-order valence-corrected chi connectivity index (χ1v) is 10.1. The quantitative estimate of drug-likeness (QED) is 0.133. The highest BCUT2D eigenvalue weighted by Gasteiger charge is 2.21. The number of para-hydroxylation sites is 1. The van der Waals surface area contributed by atoms with Crippen LogP contribution in [-0.4, -0.2) is 25.5 Å². The van der Waals surface area contributed by atoms with Crippen molar-refractivity contribution in [1.82, 2.24) is 4.98 Å². The van der Waals surface area contributed by atoms with Gasteiger partial charge < -0.3 is 21.8 Å². The number of guanidine groups is 1. The Labute approximate surface area is 175 Å². The Balaban J connectivity index is 1.80. The first-order valence-electron chi connectivity index (χ1n) is 8.30. The van der Waals surface area contributed by atoms with E-state index in [1.807, 2.05) is 0 Å². The van der Waals surface area contributed by atoms with E-state index >= 15 is 0 Å². The molecule has 29 heavy (non-hydrogen) atoms. The molecule has 2 aromatic carbocycles. The lowest BCUT2D eigenvalue weighted by molar-refractivity contribution is -0.208. The van der Waals surface area contributed by atoms with E-state index in [2.05, 4.69) is 20.5 Å². The molecule has 0 atom stereocenters. The number of carbonyl (C=O) groups excluding carboxylic acids is 1. The van der Waals surface area contributed by atoms with Crippen molar-refractivity contribution in [2.24, 2.45) is 21.7 Å². The normalized spacial score (nSPS) is 11.3. The summed E-state index contributed by atoms with van der Waals surface area (Å²) in [4.78, 5) is 27.3. The molecule has 0 unspecified atom stereocenters. The van der Waals surface area contributed by atoms with Crippen LogP contribution in [0, 0.1) is 4.91 Å². The highest BCUT2D eigenvalue weighted by Crippen LogP contribution is 2.28. The van der Waals surface area contributed by atoms with Crippen molar-refractivity contribution in [3.63, 3.8) is 0 Å². The third kappa shape index (κ3) is 4.68. The SMILES string of the molecule is C/C(=N\N=C(N)N)c1ccc(NC(=O)c2cc3cccc([N+](=O)I=O)c3[nH]2)cc1. The third-order valence-corrected chi connectivity index (χ3v) is 4.88. The molecule has 3 rings (SSSR count). The van der Waals surface area contributed by atoms with E-state index in [1.165, 1.54) is 0 Å². The number of aromatic amines is 1. The van der Waals surface area contributed by atoms with E-state index in [-0.39, 0.29) is 23.2 Å². The number of anilines is 1. The number of H-pyrrole nitrogens is 1. The van der Waals surface area contributed by atoms with Crippen molar-refractivity contribution in [1.29, 1.82) is 0 Å². The summed E-state index contributed by atoms with van der Waals surface area (Å²) in [6, 6.07) is 13.6. The molecular formula is C18H17IN7O3+. The molecule has 1 amide bonds. The van der Waals surface area contributed by atoms with Crippen molar-refractivity contribution >= 4 is 61.3 Å². The van der Waals surface area contributed by atoms with Crippen LogP contribution in [0.25, 0.3) is 10.9 Å². The van der Waals surface area contributed by atoms with Gasteiger partial charge in [-0.2, -0.15) is 8.17 Å². The molecule has 6 N–H and O–H groups in total. The smallest absolute Gasteiger partial charge is 0.369 e. The molecule has 0 saturated carbocycles. The molecule has 0 aliphatic heterocycles. The van der Waals surface area contributed by atoms with E-state index in [4.69, 9.17) is 11.5 Å². The largest absolute Gasteiger partial charge is 0.565 e. The lowest BCUT2D eigenvalue weighted by atomic mass is 10.1. The Hall–Kier alpha value is -3.48. The second kappa shape index (κ2) is 8.68. The zero-order valence-electron chi connectivity index (χ0n) is 15.2. The number of rotatable bonds is 6. The summed E-state index contributed by atoms with van der Waals surface area (Å²) in [7, 11) is 0. The monoisotopic (exact) mass is 506 g/mol. The molecule has 0 spiro atoms. The van der Waals surface area contributed by atoms with Crippen LogP contribution in [0.15, 0.2) is 58.7 Å². The fourth-order valence-electron chi connectivity index (χ4n) is 2.63. The Morgan fingerprint density at radius 2 is 1.86 bits per heavy atom. The van der Waals surface area contributed by atoms with E-state index in [9.17, 15) is 12.8 Å². The summed E-state index contributed by atoms with van der Waals surface area (Å²) < 4.78 is 11.4. The van der Waals surface area contributed by atoms with E-state index in [1.54, 1.807) is 55.5 Å². The van der Waals surface area contributed by atoms with Gasteiger partial charge in [-0.3, -0.25) is 4.79 Å². The molecule has 0 bridgehead atoms. The standard InChI is InChI=1S/C18H16IN7O3/c1-10(24-25-18(20)21)11-5-7-13(8-6-11)22-17(27)14-9-12-3-2-4-15(16(12)23-14)26(29)19-28/h2-9H,1H3,(H5-,20,21,22,23,24,25,27,28,29)/p+1. The van der Waals surface area contributed by atoms with E-state index in [0.717, 1.165) is 5.56 Å². The molecule has 0 radical (unpaired) electrons. The Kier molecular flexibility index (Phi) is 6.07. The zero-order valence-corrected chi connectivity index (χ0v) is 17.4. The van der Waals surface area contributed by atoms with Crippen molar-refractivity contribution in [2.45, 2.75) is 6.92 Å². The van der Waals surface area contributed by atoms with Gasteiger partial charge >= 0.3 is 21.5 Å².